The van der Waals surface area contributed by atoms with Crippen LogP contribution >= 0.6 is 0 Å². The summed E-state index contributed by atoms with van der Waals surface area (Å²) in [4.78, 5) is 21.5. The number of carbonyl (C=O) groups excluding carboxylic acids is 1. The average Bonchev–Trinajstić information content (AvgIpc) is 3.54. The highest BCUT2D eigenvalue weighted by atomic mass is 16.5. The van der Waals surface area contributed by atoms with Crippen molar-refractivity contribution in [2.75, 3.05) is 75.3 Å². The number of carbonyl (C=O) groups is 1. The van der Waals surface area contributed by atoms with Crippen molar-refractivity contribution in [2.45, 2.75) is 25.5 Å². The van der Waals surface area contributed by atoms with Crippen molar-refractivity contribution in [3.63, 3.8) is 0 Å². The molecule has 1 atom stereocenters. The molecule has 0 N–H and O–H groups in total. The lowest BCUT2D eigenvalue weighted by Crippen LogP contribution is -2.50. The summed E-state index contributed by atoms with van der Waals surface area (Å²) in [5.74, 6) is 2.01. The molecule has 0 spiro atoms. The van der Waals surface area contributed by atoms with Gasteiger partial charge in [-0.2, -0.15) is 0 Å². The summed E-state index contributed by atoms with van der Waals surface area (Å²) < 4.78 is 7.69. The fraction of sp³-hybridized carbons (Fsp3) is 0.609. The molecule has 0 aromatic carbocycles. The van der Waals surface area contributed by atoms with Crippen molar-refractivity contribution in [3.05, 3.63) is 36.7 Å². The summed E-state index contributed by atoms with van der Waals surface area (Å²) in [7, 11) is 0. The molecule has 0 bridgehead atoms. The largest absolute Gasteiger partial charge is 0.377 e. The fourth-order valence-electron chi connectivity index (χ4n) is 4.81. The third-order valence-corrected chi connectivity index (χ3v) is 6.76. The van der Waals surface area contributed by atoms with Crippen LogP contribution in [0.2, 0.25) is 0 Å². The molecule has 9 nitrogen and oxygen atoms in total. The minimum Gasteiger partial charge on any atom is -0.377 e. The minimum absolute atomic E-state index is 0.168. The van der Waals surface area contributed by atoms with Gasteiger partial charge in [0.2, 0.25) is 5.91 Å². The van der Waals surface area contributed by atoms with Crippen LogP contribution < -0.4 is 9.80 Å². The van der Waals surface area contributed by atoms with E-state index in [2.05, 4.69) is 37.0 Å². The van der Waals surface area contributed by atoms with Crippen LogP contribution in [0.4, 0.5) is 11.6 Å². The third kappa shape index (κ3) is 5.05. The zero-order valence-corrected chi connectivity index (χ0v) is 18.7. The van der Waals surface area contributed by atoms with E-state index < -0.39 is 0 Å². The molecule has 3 aliphatic rings. The molecule has 0 radical (unpaired) electrons. The first kappa shape index (κ1) is 21.2. The number of anilines is 2. The normalized spacial score (nSPS) is 22.5. The molecular formula is C23H33N7O2. The van der Waals surface area contributed by atoms with Crippen molar-refractivity contribution >= 4 is 17.5 Å². The fourth-order valence-corrected chi connectivity index (χ4v) is 4.81. The van der Waals surface area contributed by atoms with E-state index in [1.807, 2.05) is 34.0 Å². The van der Waals surface area contributed by atoms with Crippen LogP contribution in [0.15, 0.2) is 36.7 Å². The van der Waals surface area contributed by atoms with Gasteiger partial charge in [0.1, 0.15) is 6.54 Å². The second-order valence-electron chi connectivity index (χ2n) is 8.90. The van der Waals surface area contributed by atoms with Crippen LogP contribution in [0.1, 0.15) is 12.8 Å². The van der Waals surface area contributed by atoms with Gasteiger partial charge in [-0.15, -0.1) is 10.2 Å². The van der Waals surface area contributed by atoms with E-state index in [1.54, 1.807) is 0 Å². The van der Waals surface area contributed by atoms with Crippen LogP contribution in [-0.4, -0.2) is 102 Å². The monoisotopic (exact) mass is 439 g/mol. The van der Waals surface area contributed by atoms with Gasteiger partial charge in [-0.1, -0.05) is 0 Å². The Kier molecular flexibility index (Phi) is 6.54. The number of hydrogen-bond acceptors (Lipinski definition) is 7. The van der Waals surface area contributed by atoms with E-state index in [1.165, 1.54) is 12.8 Å². The van der Waals surface area contributed by atoms with Crippen molar-refractivity contribution in [3.8, 4) is 0 Å². The summed E-state index contributed by atoms with van der Waals surface area (Å²) in [6, 6.07) is 8.04. The smallest absolute Gasteiger partial charge is 0.242 e. The number of nitrogens with zero attached hydrogens (tertiary/aromatic N) is 7. The van der Waals surface area contributed by atoms with Crippen molar-refractivity contribution in [1.82, 2.24) is 24.6 Å². The summed E-state index contributed by atoms with van der Waals surface area (Å²) in [5.41, 5.74) is 0. The zero-order valence-electron chi connectivity index (χ0n) is 18.7. The number of rotatable bonds is 6. The van der Waals surface area contributed by atoms with Gasteiger partial charge in [0, 0.05) is 77.9 Å². The van der Waals surface area contributed by atoms with E-state index in [9.17, 15) is 4.79 Å². The molecule has 2 aromatic heterocycles. The lowest BCUT2D eigenvalue weighted by molar-refractivity contribution is -0.132. The first-order valence-electron chi connectivity index (χ1n) is 11.8. The highest BCUT2D eigenvalue weighted by molar-refractivity contribution is 5.76. The Morgan fingerprint density at radius 3 is 2.09 bits per heavy atom. The van der Waals surface area contributed by atoms with Crippen LogP contribution in [0.3, 0.4) is 0 Å². The highest BCUT2D eigenvalue weighted by Gasteiger charge is 2.25. The Hall–Kier alpha value is -2.65. The molecule has 1 amide bonds. The molecule has 3 fully saturated rings. The van der Waals surface area contributed by atoms with Gasteiger partial charge >= 0.3 is 0 Å². The average molecular weight is 440 g/mol. The quantitative estimate of drug-likeness (QED) is 0.663. The second-order valence-corrected chi connectivity index (χ2v) is 8.90. The maximum atomic E-state index is 12.5. The van der Waals surface area contributed by atoms with E-state index in [-0.39, 0.29) is 5.91 Å². The molecule has 0 saturated carbocycles. The second kappa shape index (κ2) is 9.87. The first-order valence-corrected chi connectivity index (χ1v) is 11.8. The van der Waals surface area contributed by atoms with Gasteiger partial charge in [0.25, 0.3) is 0 Å². The van der Waals surface area contributed by atoms with Crippen LogP contribution in [0.25, 0.3) is 0 Å². The van der Waals surface area contributed by atoms with Gasteiger partial charge in [0.05, 0.1) is 6.10 Å². The summed E-state index contributed by atoms with van der Waals surface area (Å²) in [6.07, 6.45) is 6.67. The lowest BCUT2D eigenvalue weighted by atomic mass is 10.2. The number of piperazine rings is 2. The van der Waals surface area contributed by atoms with E-state index in [0.29, 0.717) is 12.6 Å². The van der Waals surface area contributed by atoms with E-state index >= 15 is 0 Å². The Morgan fingerprint density at radius 2 is 1.53 bits per heavy atom. The molecule has 32 heavy (non-hydrogen) atoms. The van der Waals surface area contributed by atoms with E-state index in [4.69, 9.17) is 4.74 Å². The Morgan fingerprint density at radius 1 is 0.906 bits per heavy atom. The maximum Gasteiger partial charge on any atom is 0.242 e. The van der Waals surface area contributed by atoms with Gasteiger partial charge in [0.15, 0.2) is 11.6 Å². The molecule has 3 saturated heterocycles. The topological polar surface area (TPSA) is 70.0 Å². The predicted molar refractivity (Wildman–Crippen MR) is 123 cm³/mol. The summed E-state index contributed by atoms with van der Waals surface area (Å²) >= 11 is 0. The molecule has 3 aliphatic heterocycles. The molecule has 1 unspecified atom stereocenters. The standard InChI is InChI=1S/C23H33N7O2/c31-23(19-26-7-1-2-8-26)30-15-13-29(14-16-30)22-6-5-21(24-25-22)28-11-9-27(10-12-28)18-20-4-3-17-32-20/h1-2,5-8,20H,3-4,9-19H2. The predicted octanol–water partition coefficient (Wildman–Crippen LogP) is 0.928. The lowest BCUT2D eigenvalue weighted by Gasteiger charge is -2.37. The van der Waals surface area contributed by atoms with Gasteiger partial charge in [-0.25, -0.2) is 0 Å². The van der Waals surface area contributed by atoms with E-state index in [0.717, 1.165) is 77.1 Å². The number of aromatic nitrogens is 3. The molecule has 0 aliphatic carbocycles. The Labute approximate surface area is 189 Å². The number of amides is 1. The third-order valence-electron chi connectivity index (χ3n) is 6.76. The summed E-state index contributed by atoms with van der Waals surface area (Å²) in [6.45, 7) is 9.43. The van der Waals surface area contributed by atoms with Crippen molar-refractivity contribution in [2.24, 2.45) is 0 Å². The van der Waals surface area contributed by atoms with Crippen LogP contribution in [0, 0.1) is 0 Å². The number of hydrogen-bond donors (Lipinski definition) is 0. The van der Waals surface area contributed by atoms with Crippen molar-refractivity contribution in [1.29, 1.82) is 0 Å². The molecule has 172 valence electrons. The molecule has 5 rings (SSSR count). The Bertz CT molecular complexity index is 851. The summed E-state index contributed by atoms with van der Waals surface area (Å²) in [5, 5.41) is 9.02. The minimum atomic E-state index is 0.168. The van der Waals surface area contributed by atoms with Crippen molar-refractivity contribution < 1.29 is 9.53 Å². The number of ether oxygens (including phenoxy) is 1. The van der Waals surface area contributed by atoms with Crippen LogP contribution in [0.5, 0.6) is 0 Å². The molecule has 9 heteroatoms. The van der Waals surface area contributed by atoms with Crippen LogP contribution in [-0.2, 0) is 16.1 Å². The van der Waals surface area contributed by atoms with Gasteiger partial charge in [-0.3, -0.25) is 9.69 Å². The Balaban J connectivity index is 1.08. The zero-order chi connectivity index (χ0) is 21.8. The molecular weight excluding hydrogens is 406 g/mol. The SMILES string of the molecule is O=C(Cn1cccc1)N1CCN(c2ccc(N3CCN(CC4CCCO4)CC3)nn2)CC1. The molecule has 2 aromatic rings. The molecule has 5 heterocycles. The van der Waals surface area contributed by atoms with Gasteiger partial charge in [-0.05, 0) is 37.1 Å². The maximum absolute atomic E-state index is 12.5. The van der Waals surface area contributed by atoms with Gasteiger partial charge < -0.3 is 24.0 Å². The first-order chi connectivity index (χ1) is 15.7. The highest BCUT2D eigenvalue weighted by Crippen LogP contribution is 2.19.